The smallest absolute Gasteiger partial charge is 0.383 e. The average molecular weight is 480 g/mol. The topological polar surface area (TPSA) is 123 Å². The zero-order chi connectivity index (χ0) is 25.0. The molecule has 2 heterocycles. The van der Waals surface area contributed by atoms with Crippen LogP contribution >= 0.6 is 0 Å². The van der Waals surface area contributed by atoms with Crippen molar-refractivity contribution in [2.45, 2.75) is 52.9 Å². The minimum absolute atomic E-state index is 0.0286. The standard InChI is InChI=1S/C22H27F3N6O3/c1-4-5-10-30(17-18(26)31(11-13(2)3)21(33)28-20(17)32)12-16-27-19(29-34-16)14-6-8-15(9-7-14)22(23,24)25/h6-9,13H,4-5,10-12,26H2,1-3H3,(H,28,32,33). The van der Waals surface area contributed by atoms with Crippen LogP contribution in [0.2, 0.25) is 0 Å². The number of halogens is 3. The average Bonchev–Trinajstić information content (AvgIpc) is 3.22. The van der Waals surface area contributed by atoms with Gasteiger partial charge in [0.15, 0.2) is 0 Å². The Morgan fingerprint density at radius 3 is 2.47 bits per heavy atom. The lowest BCUT2D eigenvalue weighted by Crippen LogP contribution is -2.39. The molecule has 0 bridgehead atoms. The van der Waals surface area contributed by atoms with Gasteiger partial charge < -0.3 is 15.2 Å². The molecule has 0 amide bonds. The van der Waals surface area contributed by atoms with Crippen molar-refractivity contribution < 1.29 is 17.7 Å². The number of rotatable bonds is 9. The van der Waals surface area contributed by atoms with Gasteiger partial charge in [-0.25, -0.2) is 4.79 Å². The molecule has 3 rings (SSSR count). The second-order valence-electron chi connectivity index (χ2n) is 8.36. The van der Waals surface area contributed by atoms with Gasteiger partial charge in [-0.05, 0) is 24.5 Å². The summed E-state index contributed by atoms with van der Waals surface area (Å²) in [6.07, 6.45) is -2.89. The van der Waals surface area contributed by atoms with E-state index in [-0.39, 0.29) is 35.7 Å². The number of hydrogen-bond donors (Lipinski definition) is 2. The molecule has 3 N–H and O–H groups in total. The number of nitrogens with zero attached hydrogens (tertiary/aromatic N) is 4. The Bertz CT molecular complexity index is 1230. The first kappa shape index (κ1) is 25.1. The number of aromatic amines is 1. The number of nitrogens with two attached hydrogens (primary N) is 1. The molecule has 12 heteroatoms. The maximum Gasteiger partial charge on any atom is 0.416 e. The van der Waals surface area contributed by atoms with Crippen LogP contribution in [0.1, 0.15) is 45.1 Å². The fraction of sp³-hybridized carbons (Fsp3) is 0.455. The lowest BCUT2D eigenvalue weighted by molar-refractivity contribution is -0.137. The molecule has 2 aromatic heterocycles. The Balaban J connectivity index is 1.92. The number of nitrogens with one attached hydrogen (secondary N) is 1. The highest BCUT2D eigenvalue weighted by Gasteiger charge is 2.30. The van der Waals surface area contributed by atoms with Gasteiger partial charge in [-0.1, -0.05) is 44.5 Å². The van der Waals surface area contributed by atoms with Gasteiger partial charge in [-0.2, -0.15) is 18.2 Å². The summed E-state index contributed by atoms with van der Waals surface area (Å²) in [5, 5.41) is 3.85. The summed E-state index contributed by atoms with van der Waals surface area (Å²) < 4.78 is 45.0. The molecule has 184 valence electrons. The van der Waals surface area contributed by atoms with E-state index in [0.29, 0.717) is 18.7 Å². The molecule has 0 aliphatic heterocycles. The van der Waals surface area contributed by atoms with E-state index in [1.165, 1.54) is 16.7 Å². The van der Waals surface area contributed by atoms with Crippen LogP contribution in [0.4, 0.5) is 24.7 Å². The van der Waals surface area contributed by atoms with Crippen molar-refractivity contribution in [2.75, 3.05) is 17.2 Å². The summed E-state index contributed by atoms with van der Waals surface area (Å²) in [6, 6.07) is 4.40. The minimum atomic E-state index is -4.44. The van der Waals surface area contributed by atoms with Crippen LogP contribution in [-0.2, 0) is 19.3 Å². The Morgan fingerprint density at radius 1 is 1.21 bits per heavy atom. The Kier molecular flexibility index (Phi) is 7.48. The zero-order valence-electron chi connectivity index (χ0n) is 19.1. The van der Waals surface area contributed by atoms with Crippen LogP contribution in [0.3, 0.4) is 0 Å². The van der Waals surface area contributed by atoms with Gasteiger partial charge in [0.2, 0.25) is 11.7 Å². The molecular weight excluding hydrogens is 453 g/mol. The number of aromatic nitrogens is 4. The lowest BCUT2D eigenvalue weighted by Gasteiger charge is -2.25. The van der Waals surface area contributed by atoms with E-state index in [4.69, 9.17) is 10.3 Å². The summed E-state index contributed by atoms with van der Waals surface area (Å²) in [5.41, 5.74) is 4.74. The summed E-state index contributed by atoms with van der Waals surface area (Å²) in [6.45, 7) is 6.62. The van der Waals surface area contributed by atoms with Gasteiger partial charge in [0.25, 0.3) is 5.56 Å². The van der Waals surface area contributed by atoms with Gasteiger partial charge in [0, 0.05) is 18.7 Å². The van der Waals surface area contributed by atoms with E-state index in [1.807, 2.05) is 20.8 Å². The number of alkyl halides is 3. The SMILES string of the molecule is CCCCN(Cc1nc(-c2ccc(C(F)(F)F)cc2)no1)c1c(N)n(CC(C)C)c(=O)[nH]c1=O. The van der Waals surface area contributed by atoms with Crippen LogP contribution in [0.25, 0.3) is 11.4 Å². The molecule has 0 spiro atoms. The molecule has 34 heavy (non-hydrogen) atoms. The molecule has 0 fully saturated rings. The predicted octanol–water partition coefficient (Wildman–Crippen LogP) is 3.65. The fourth-order valence-corrected chi connectivity index (χ4v) is 3.46. The van der Waals surface area contributed by atoms with Crippen LogP contribution in [0.15, 0.2) is 38.4 Å². The van der Waals surface area contributed by atoms with Gasteiger partial charge in [-0.3, -0.25) is 14.3 Å². The van der Waals surface area contributed by atoms with E-state index >= 15 is 0 Å². The molecule has 9 nitrogen and oxygen atoms in total. The second-order valence-corrected chi connectivity index (χ2v) is 8.36. The third kappa shape index (κ3) is 5.67. The first-order valence-electron chi connectivity index (χ1n) is 10.9. The second kappa shape index (κ2) is 10.1. The Morgan fingerprint density at radius 2 is 1.88 bits per heavy atom. The number of anilines is 2. The predicted molar refractivity (Wildman–Crippen MR) is 121 cm³/mol. The molecule has 1 aromatic carbocycles. The van der Waals surface area contributed by atoms with Crippen molar-refractivity contribution in [2.24, 2.45) is 5.92 Å². The molecule has 3 aromatic rings. The van der Waals surface area contributed by atoms with Gasteiger partial charge in [0.05, 0.1) is 12.1 Å². The molecule has 0 unspecified atom stereocenters. The van der Waals surface area contributed by atoms with E-state index in [2.05, 4.69) is 15.1 Å². The number of unbranched alkanes of at least 4 members (excludes halogenated alkanes) is 1. The number of nitrogen functional groups attached to an aromatic ring is 1. The molecule has 0 atom stereocenters. The first-order valence-corrected chi connectivity index (χ1v) is 10.9. The molecule has 0 aliphatic rings. The molecule has 0 saturated carbocycles. The normalized spacial score (nSPS) is 11.9. The molecule has 0 saturated heterocycles. The third-order valence-corrected chi connectivity index (χ3v) is 5.12. The monoisotopic (exact) mass is 480 g/mol. The van der Waals surface area contributed by atoms with Crippen molar-refractivity contribution in [1.29, 1.82) is 0 Å². The van der Waals surface area contributed by atoms with Crippen LogP contribution in [0, 0.1) is 5.92 Å². The molecular formula is C22H27F3N6O3. The summed E-state index contributed by atoms with van der Waals surface area (Å²) in [7, 11) is 0. The highest BCUT2D eigenvalue weighted by atomic mass is 19.4. The largest absolute Gasteiger partial charge is 0.416 e. The van der Waals surface area contributed by atoms with E-state index < -0.39 is 23.0 Å². The number of benzene rings is 1. The van der Waals surface area contributed by atoms with Crippen LogP contribution < -0.4 is 21.9 Å². The maximum absolute atomic E-state index is 12.8. The number of H-pyrrole nitrogens is 1. The maximum atomic E-state index is 12.8. The summed E-state index contributed by atoms with van der Waals surface area (Å²) in [5.74, 6) is 0.420. The summed E-state index contributed by atoms with van der Waals surface area (Å²) in [4.78, 5) is 33.2. The minimum Gasteiger partial charge on any atom is -0.383 e. The van der Waals surface area contributed by atoms with Crippen molar-refractivity contribution in [3.8, 4) is 11.4 Å². The highest BCUT2D eigenvalue weighted by molar-refractivity contribution is 5.62. The third-order valence-electron chi connectivity index (χ3n) is 5.12. The van der Waals surface area contributed by atoms with Gasteiger partial charge in [0.1, 0.15) is 11.5 Å². The van der Waals surface area contributed by atoms with Gasteiger partial charge in [-0.15, -0.1) is 0 Å². The van der Waals surface area contributed by atoms with Crippen molar-refractivity contribution in [3.05, 3.63) is 56.6 Å². The Labute approximate surface area is 193 Å². The first-order chi connectivity index (χ1) is 16.0. The highest BCUT2D eigenvalue weighted by Crippen LogP contribution is 2.30. The molecule has 0 aliphatic carbocycles. The zero-order valence-corrected chi connectivity index (χ0v) is 19.1. The molecule has 0 radical (unpaired) electrons. The van der Waals surface area contributed by atoms with Crippen molar-refractivity contribution in [1.82, 2.24) is 19.7 Å². The lowest BCUT2D eigenvalue weighted by atomic mass is 10.1. The summed E-state index contributed by atoms with van der Waals surface area (Å²) >= 11 is 0. The van der Waals surface area contributed by atoms with Crippen molar-refractivity contribution in [3.63, 3.8) is 0 Å². The van der Waals surface area contributed by atoms with Crippen LogP contribution in [-0.4, -0.2) is 26.2 Å². The quantitative estimate of drug-likeness (QED) is 0.479. The van der Waals surface area contributed by atoms with Gasteiger partial charge >= 0.3 is 11.9 Å². The van der Waals surface area contributed by atoms with Crippen LogP contribution in [0.5, 0.6) is 0 Å². The van der Waals surface area contributed by atoms with Crippen molar-refractivity contribution >= 4 is 11.5 Å². The Hall–Kier alpha value is -3.57. The van der Waals surface area contributed by atoms with E-state index in [1.54, 1.807) is 4.90 Å². The van der Waals surface area contributed by atoms with E-state index in [0.717, 1.165) is 25.0 Å². The van der Waals surface area contributed by atoms with E-state index in [9.17, 15) is 22.8 Å². The fourth-order valence-electron chi connectivity index (χ4n) is 3.46. The number of hydrogen-bond acceptors (Lipinski definition) is 7.